The molecule has 0 aromatic heterocycles. The Morgan fingerprint density at radius 2 is 2.12 bits per heavy atom. The van der Waals surface area contributed by atoms with Crippen molar-refractivity contribution in [1.29, 1.82) is 0 Å². The summed E-state index contributed by atoms with van der Waals surface area (Å²) in [5, 5.41) is 0.188. The quantitative estimate of drug-likeness (QED) is 0.237. The van der Waals surface area contributed by atoms with Crippen LogP contribution in [-0.4, -0.2) is 17.1 Å². The highest BCUT2D eigenvalue weighted by atomic mass is 35.5. The molecule has 0 rings (SSSR count). The molecule has 0 bridgehead atoms. The summed E-state index contributed by atoms with van der Waals surface area (Å²) in [6.07, 6.45) is 0. The number of halogens is 4. The van der Waals surface area contributed by atoms with E-state index in [4.69, 9.17) is 11.6 Å². The van der Waals surface area contributed by atoms with Crippen molar-refractivity contribution < 1.29 is 13.4 Å². The van der Waals surface area contributed by atoms with E-state index in [1.807, 2.05) is 0 Å². The molecule has 0 unspecified atom stereocenters. The Morgan fingerprint density at radius 1 is 1.62 bits per heavy atom. The van der Waals surface area contributed by atoms with Crippen LogP contribution in [0.15, 0.2) is 5.21 Å². The van der Waals surface area contributed by atoms with Crippen molar-refractivity contribution in [2.45, 2.75) is 0 Å². The lowest BCUT2D eigenvalue weighted by atomic mass is 10.7. The van der Waals surface area contributed by atoms with Crippen LogP contribution in [0.25, 0.3) is 0 Å². The minimum absolute atomic E-state index is 0.635. The van der Waals surface area contributed by atoms with Gasteiger partial charge < -0.3 is 0 Å². The smallest absolute Gasteiger partial charge is 0.118 e. The Labute approximate surface area is 48.4 Å². The van der Waals surface area contributed by atoms with Gasteiger partial charge in [0.25, 0.3) is 0 Å². The molecule has 0 N–H and O–H groups in total. The van der Waals surface area contributed by atoms with Crippen LogP contribution < -0.4 is 0 Å². The van der Waals surface area contributed by atoms with Crippen molar-refractivity contribution in [2.24, 2.45) is 5.21 Å². The molecular formula is C2H2ClF3N2. The number of nitrogens with zero attached hydrogens (tertiary/aromatic N) is 2. The highest BCUT2D eigenvalue weighted by Crippen LogP contribution is 1.95. The highest BCUT2D eigenvalue weighted by molar-refractivity contribution is 6.27. The maximum atomic E-state index is 11.1. The predicted molar refractivity (Wildman–Crippen MR) is 23.3 cm³/mol. The van der Waals surface area contributed by atoms with E-state index in [2.05, 4.69) is 0 Å². The van der Waals surface area contributed by atoms with Gasteiger partial charge in [-0.15, -0.1) is 11.6 Å². The predicted octanol–water partition coefficient (Wildman–Crippen LogP) is 1.58. The van der Waals surface area contributed by atoms with Crippen LogP contribution in [0, 0.1) is 0 Å². The SMILES string of the molecule is F/N=C(\CCl)N(F)F. The molecule has 0 radical (unpaired) electrons. The Bertz CT molecular complexity index is 93.3. The van der Waals surface area contributed by atoms with Gasteiger partial charge in [-0.1, -0.05) is 18.7 Å². The summed E-state index contributed by atoms with van der Waals surface area (Å²) >= 11 is 4.77. The molecular weight excluding hydrogens is 144 g/mol. The summed E-state index contributed by atoms with van der Waals surface area (Å²) in [5.41, 5.74) is 0. The molecule has 0 aliphatic carbocycles. The van der Waals surface area contributed by atoms with Crippen molar-refractivity contribution >= 4 is 17.4 Å². The van der Waals surface area contributed by atoms with Gasteiger partial charge in [-0.2, -0.15) is 0 Å². The number of hydrogen-bond acceptors (Lipinski definition) is 1. The van der Waals surface area contributed by atoms with Crippen LogP contribution in [0.3, 0.4) is 0 Å². The topological polar surface area (TPSA) is 15.6 Å². The Morgan fingerprint density at radius 3 is 2.12 bits per heavy atom. The van der Waals surface area contributed by atoms with E-state index in [1.54, 1.807) is 5.21 Å². The molecule has 0 aromatic carbocycles. The van der Waals surface area contributed by atoms with E-state index < -0.39 is 17.1 Å². The first-order chi connectivity index (χ1) is 3.72. The number of hydrogen-bond donors (Lipinski definition) is 0. The second-order valence-corrected chi connectivity index (χ2v) is 1.13. The van der Waals surface area contributed by atoms with Gasteiger partial charge in [0.05, 0.1) is 5.88 Å². The normalized spacial score (nSPS) is 11.8. The van der Waals surface area contributed by atoms with Gasteiger partial charge in [0.15, 0.2) is 0 Å². The van der Waals surface area contributed by atoms with Crippen LogP contribution in [-0.2, 0) is 0 Å². The van der Waals surface area contributed by atoms with Gasteiger partial charge in [-0.25, -0.2) is 0 Å². The van der Waals surface area contributed by atoms with Crippen LogP contribution in [0.2, 0.25) is 0 Å². The van der Waals surface area contributed by atoms with Crippen LogP contribution in [0.4, 0.5) is 13.4 Å². The first kappa shape index (κ1) is 7.55. The van der Waals surface area contributed by atoms with E-state index >= 15 is 0 Å². The van der Waals surface area contributed by atoms with E-state index in [9.17, 15) is 13.4 Å². The fourth-order valence-corrected chi connectivity index (χ4v) is 0.232. The summed E-state index contributed by atoms with van der Waals surface area (Å²) in [6.45, 7) is 0. The average Bonchev–Trinajstić information content (AvgIpc) is 1.69. The molecule has 0 saturated carbocycles. The van der Waals surface area contributed by atoms with E-state index in [-0.39, 0.29) is 0 Å². The minimum Gasteiger partial charge on any atom is -0.118 e. The summed E-state index contributed by atoms with van der Waals surface area (Å²) in [4.78, 5) is 0. The van der Waals surface area contributed by atoms with Gasteiger partial charge in [0, 0.05) is 0 Å². The summed E-state index contributed by atoms with van der Waals surface area (Å²) in [5.74, 6) is -1.73. The number of rotatable bonds is 1. The lowest BCUT2D eigenvalue weighted by molar-refractivity contribution is -0.0756. The van der Waals surface area contributed by atoms with Crippen LogP contribution >= 0.6 is 11.6 Å². The van der Waals surface area contributed by atoms with Gasteiger partial charge in [-0.05, 0) is 5.34 Å². The van der Waals surface area contributed by atoms with Crippen molar-refractivity contribution in [2.75, 3.05) is 5.88 Å². The number of alkyl halides is 1. The van der Waals surface area contributed by atoms with Crippen LogP contribution in [0.5, 0.6) is 0 Å². The third-order valence-corrected chi connectivity index (χ3v) is 0.651. The molecule has 0 saturated heterocycles. The van der Waals surface area contributed by atoms with Gasteiger partial charge >= 0.3 is 0 Å². The fraction of sp³-hybridized carbons (Fsp3) is 0.500. The van der Waals surface area contributed by atoms with Crippen molar-refractivity contribution in [3.05, 3.63) is 0 Å². The second-order valence-electron chi connectivity index (χ2n) is 0.867. The molecule has 6 heteroatoms. The van der Waals surface area contributed by atoms with Gasteiger partial charge in [0.1, 0.15) is 0 Å². The first-order valence-corrected chi connectivity index (χ1v) is 2.11. The van der Waals surface area contributed by atoms with Gasteiger partial charge in [-0.3, -0.25) is 0 Å². The van der Waals surface area contributed by atoms with E-state index in [0.717, 1.165) is 0 Å². The standard InChI is InChI=1S/C2H2ClF3N2/c3-1-2(7-4)8(5)6/h1H2/b7-2+. The largest absolute Gasteiger partial charge is 0.217 e. The van der Waals surface area contributed by atoms with Gasteiger partial charge in [0.2, 0.25) is 5.84 Å². The molecule has 0 heterocycles. The first-order valence-electron chi connectivity index (χ1n) is 1.58. The maximum absolute atomic E-state index is 11.1. The lowest BCUT2D eigenvalue weighted by Gasteiger charge is -1.96. The molecule has 48 valence electrons. The lowest BCUT2D eigenvalue weighted by Crippen LogP contribution is -2.14. The molecule has 0 aliphatic heterocycles. The number of amidine groups is 1. The monoisotopic (exact) mass is 146 g/mol. The third-order valence-electron chi connectivity index (χ3n) is 0.412. The Hall–Kier alpha value is -0.450. The molecule has 0 atom stereocenters. The highest BCUT2D eigenvalue weighted by Gasteiger charge is 2.06. The summed E-state index contributed by atoms with van der Waals surface area (Å²) in [7, 11) is 0. The van der Waals surface area contributed by atoms with Crippen molar-refractivity contribution in [3.8, 4) is 0 Å². The third kappa shape index (κ3) is 2.02. The summed E-state index contributed by atoms with van der Waals surface area (Å²) in [6, 6.07) is 0. The molecule has 0 amide bonds. The Balaban J connectivity index is 3.72. The molecule has 0 aliphatic rings. The molecule has 0 fully saturated rings. The zero-order valence-electron chi connectivity index (χ0n) is 3.61. The van der Waals surface area contributed by atoms with E-state index in [0.29, 0.717) is 0 Å². The zero-order chi connectivity index (χ0) is 6.57. The molecule has 0 spiro atoms. The van der Waals surface area contributed by atoms with E-state index in [1.165, 1.54) is 0 Å². The maximum Gasteiger partial charge on any atom is 0.217 e. The molecule has 2 nitrogen and oxygen atoms in total. The molecule has 8 heavy (non-hydrogen) atoms. The van der Waals surface area contributed by atoms with Crippen molar-refractivity contribution in [1.82, 2.24) is 5.34 Å². The minimum atomic E-state index is -1.48. The Kier molecular flexibility index (Phi) is 3.34. The van der Waals surface area contributed by atoms with Crippen molar-refractivity contribution in [3.63, 3.8) is 0 Å². The molecule has 0 aromatic rings. The average molecular weight is 146 g/mol. The second kappa shape index (κ2) is 3.54. The summed E-state index contributed by atoms with van der Waals surface area (Å²) < 4.78 is 33.0. The zero-order valence-corrected chi connectivity index (χ0v) is 4.37. The van der Waals surface area contributed by atoms with Crippen LogP contribution in [0.1, 0.15) is 0 Å². The fourth-order valence-electron chi connectivity index (χ4n) is 0.0963.